The second-order valence-corrected chi connectivity index (χ2v) is 9.22. The van der Waals surface area contributed by atoms with Crippen LogP contribution in [0.25, 0.3) is 0 Å². The normalized spacial score (nSPS) is 22.7. The van der Waals surface area contributed by atoms with E-state index >= 15 is 0 Å². The van der Waals surface area contributed by atoms with E-state index in [0.717, 1.165) is 56.8 Å². The predicted octanol–water partition coefficient (Wildman–Crippen LogP) is 3.48. The fourth-order valence-electron chi connectivity index (χ4n) is 5.31. The molecule has 1 atom stereocenters. The van der Waals surface area contributed by atoms with Crippen molar-refractivity contribution >= 4 is 5.91 Å². The van der Waals surface area contributed by atoms with Crippen molar-refractivity contribution in [2.75, 3.05) is 46.3 Å². The standard InChI is InChI=1S/C26H35N3O/c1-21(2)29-20-24(14-15-28-18-16-27(3)17-19-28)26(25(29)30,22-10-6-4-7-11-22)23-12-8-5-9-13-23/h4-13,21,24H,14-20H2,1-3H3. The summed E-state index contributed by atoms with van der Waals surface area (Å²) in [7, 11) is 2.20. The number of carbonyl (C=O) groups excluding carboxylic acids is 1. The Kier molecular flexibility index (Phi) is 6.26. The number of amides is 1. The lowest BCUT2D eigenvalue weighted by Gasteiger charge is -2.37. The Morgan fingerprint density at radius 2 is 1.43 bits per heavy atom. The van der Waals surface area contributed by atoms with Crippen LogP contribution in [0, 0.1) is 5.92 Å². The molecule has 2 aromatic carbocycles. The summed E-state index contributed by atoms with van der Waals surface area (Å²) in [6.45, 7) is 10.7. The minimum Gasteiger partial charge on any atom is -0.339 e. The summed E-state index contributed by atoms with van der Waals surface area (Å²) in [6.07, 6.45) is 1.03. The van der Waals surface area contributed by atoms with Crippen LogP contribution in [0.2, 0.25) is 0 Å². The summed E-state index contributed by atoms with van der Waals surface area (Å²) in [5.41, 5.74) is 1.67. The molecule has 2 aliphatic heterocycles. The highest BCUT2D eigenvalue weighted by atomic mass is 16.2. The molecule has 0 aliphatic carbocycles. The molecule has 0 saturated carbocycles. The number of benzene rings is 2. The lowest BCUT2D eigenvalue weighted by Crippen LogP contribution is -2.46. The number of carbonyl (C=O) groups is 1. The third-order valence-corrected chi connectivity index (χ3v) is 7.10. The Labute approximate surface area is 181 Å². The molecule has 2 saturated heterocycles. The third-order valence-electron chi connectivity index (χ3n) is 7.10. The highest BCUT2D eigenvalue weighted by Crippen LogP contribution is 2.48. The predicted molar refractivity (Wildman–Crippen MR) is 123 cm³/mol. The Bertz CT molecular complexity index is 788. The largest absolute Gasteiger partial charge is 0.339 e. The van der Waals surface area contributed by atoms with E-state index in [2.05, 4.69) is 84.1 Å². The molecule has 0 bridgehead atoms. The van der Waals surface area contributed by atoms with Crippen molar-refractivity contribution in [3.05, 3.63) is 71.8 Å². The number of nitrogens with zero attached hydrogens (tertiary/aromatic N) is 3. The van der Waals surface area contributed by atoms with Crippen molar-refractivity contribution in [1.82, 2.24) is 14.7 Å². The smallest absolute Gasteiger partial charge is 0.238 e. The minimum absolute atomic E-state index is 0.206. The summed E-state index contributed by atoms with van der Waals surface area (Å²) in [4.78, 5) is 21.2. The lowest BCUT2D eigenvalue weighted by atomic mass is 9.66. The first kappa shape index (κ1) is 21.1. The Morgan fingerprint density at radius 1 is 0.900 bits per heavy atom. The van der Waals surface area contributed by atoms with Crippen LogP contribution < -0.4 is 0 Å². The fourth-order valence-corrected chi connectivity index (χ4v) is 5.31. The second-order valence-electron chi connectivity index (χ2n) is 9.22. The first-order valence-electron chi connectivity index (χ1n) is 11.4. The summed E-state index contributed by atoms with van der Waals surface area (Å²) in [5.74, 6) is 0.523. The van der Waals surface area contributed by atoms with Gasteiger partial charge in [-0.1, -0.05) is 60.7 Å². The summed E-state index contributed by atoms with van der Waals surface area (Å²) < 4.78 is 0. The molecule has 2 aliphatic rings. The van der Waals surface area contributed by atoms with E-state index in [1.807, 2.05) is 12.1 Å². The van der Waals surface area contributed by atoms with Crippen LogP contribution in [0.15, 0.2) is 60.7 Å². The molecule has 4 heteroatoms. The van der Waals surface area contributed by atoms with Gasteiger partial charge in [-0.3, -0.25) is 4.79 Å². The summed E-state index contributed by atoms with van der Waals surface area (Å²) in [5, 5.41) is 0. The van der Waals surface area contributed by atoms with E-state index in [9.17, 15) is 4.79 Å². The molecule has 4 rings (SSSR count). The van der Waals surface area contributed by atoms with Gasteiger partial charge in [0.15, 0.2) is 0 Å². The van der Waals surface area contributed by atoms with Crippen molar-refractivity contribution in [1.29, 1.82) is 0 Å². The average Bonchev–Trinajstić information content (AvgIpc) is 3.08. The number of rotatable bonds is 6. The van der Waals surface area contributed by atoms with E-state index < -0.39 is 5.41 Å². The summed E-state index contributed by atoms with van der Waals surface area (Å²) >= 11 is 0. The zero-order valence-electron chi connectivity index (χ0n) is 18.6. The van der Waals surface area contributed by atoms with Gasteiger partial charge in [0.1, 0.15) is 5.41 Å². The van der Waals surface area contributed by atoms with Gasteiger partial charge in [0, 0.05) is 44.7 Å². The van der Waals surface area contributed by atoms with E-state index in [1.165, 1.54) is 0 Å². The van der Waals surface area contributed by atoms with Gasteiger partial charge in [-0.25, -0.2) is 0 Å². The minimum atomic E-state index is -0.598. The van der Waals surface area contributed by atoms with Gasteiger partial charge in [0.2, 0.25) is 5.91 Å². The first-order valence-corrected chi connectivity index (χ1v) is 11.4. The highest BCUT2D eigenvalue weighted by molar-refractivity contribution is 5.95. The van der Waals surface area contributed by atoms with E-state index in [-0.39, 0.29) is 17.9 Å². The van der Waals surface area contributed by atoms with Crippen LogP contribution in [-0.2, 0) is 10.2 Å². The molecular weight excluding hydrogens is 370 g/mol. The monoisotopic (exact) mass is 405 g/mol. The van der Waals surface area contributed by atoms with Crippen molar-refractivity contribution in [3.8, 4) is 0 Å². The molecular formula is C26H35N3O. The van der Waals surface area contributed by atoms with Gasteiger partial charge >= 0.3 is 0 Å². The highest BCUT2D eigenvalue weighted by Gasteiger charge is 2.56. The lowest BCUT2D eigenvalue weighted by molar-refractivity contribution is -0.132. The SMILES string of the molecule is CC(C)N1CC(CCN2CCN(C)CC2)C(c2ccccc2)(c2ccccc2)C1=O. The molecule has 0 spiro atoms. The molecule has 2 aromatic rings. The molecule has 2 heterocycles. The van der Waals surface area contributed by atoms with Crippen molar-refractivity contribution in [2.45, 2.75) is 31.7 Å². The first-order chi connectivity index (χ1) is 14.5. The maximum atomic E-state index is 14.1. The molecule has 4 nitrogen and oxygen atoms in total. The Hall–Kier alpha value is -2.17. The third kappa shape index (κ3) is 3.79. The molecule has 1 amide bonds. The zero-order chi connectivity index (χ0) is 21.1. The van der Waals surface area contributed by atoms with E-state index in [1.54, 1.807) is 0 Å². The molecule has 0 radical (unpaired) electrons. The number of hydrogen-bond donors (Lipinski definition) is 0. The van der Waals surface area contributed by atoms with Crippen molar-refractivity contribution < 1.29 is 4.79 Å². The quantitative estimate of drug-likeness (QED) is 0.736. The van der Waals surface area contributed by atoms with Gasteiger partial charge in [-0.15, -0.1) is 0 Å². The maximum absolute atomic E-state index is 14.1. The maximum Gasteiger partial charge on any atom is 0.238 e. The fraction of sp³-hybridized carbons (Fsp3) is 0.500. The number of hydrogen-bond acceptors (Lipinski definition) is 3. The topological polar surface area (TPSA) is 26.8 Å². The molecule has 160 valence electrons. The average molecular weight is 406 g/mol. The number of piperazine rings is 1. The second kappa shape index (κ2) is 8.91. The Balaban J connectivity index is 1.72. The van der Waals surface area contributed by atoms with Crippen LogP contribution in [0.4, 0.5) is 0 Å². The molecule has 2 fully saturated rings. The summed E-state index contributed by atoms with van der Waals surface area (Å²) in [6, 6.07) is 21.2. The Morgan fingerprint density at radius 3 is 1.93 bits per heavy atom. The van der Waals surface area contributed by atoms with Gasteiger partial charge < -0.3 is 14.7 Å². The van der Waals surface area contributed by atoms with Gasteiger partial charge in [0.25, 0.3) is 0 Å². The van der Waals surface area contributed by atoms with Crippen LogP contribution in [-0.4, -0.2) is 73.0 Å². The van der Waals surface area contributed by atoms with Crippen molar-refractivity contribution in [2.24, 2.45) is 5.92 Å². The number of likely N-dealkylation sites (tertiary alicyclic amines) is 1. The molecule has 1 unspecified atom stereocenters. The van der Waals surface area contributed by atoms with Gasteiger partial charge in [-0.2, -0.15) is 0 Å². The van der Waals surface area contributed by atoms with Crippen LogP contribution in [0.5, 0.6) is 0 Å². The zero-order valence-corrected chi connectivity index (χ0v) is 18.6. The molecule has 30 heavy (non-hydrogen) atoms. The van der Waals surface area contributed by atoms with Crippen LogP contribution >= 0.6 is 0 Å². The van der Waals surface area contributed by atoms with Gasteiger partial charge in [-0.05, 0) is 45.0 Å². The molecule has 0 N–H and O–H groups in total. The van der Waals surface area contributed by atoms with Crippen molar-refractivity contribution in [3.63, 3.8) is 0 Å². The van der Waals surface area contributed by atoms with Crippen LogP contribution in [0.1, 0.15) is 31.4 Å². The molecule has 0 aromatic heterocycles. The number of likely N-dealkylation sites (N-methyl/N-ethyl adjacent to an activating group) is 1. The van der Waals surface area contributed by atoms with Gasteiger partial charge in [0.05, 0.1) is 0 Å². The van der Waals surface area contributed by atoms with E-state index in [4.69, 9.17) is 0 Å². The van der Waals surface area contributed by atoms with E-state index in [0.29, 0.717) is 0 Å². The van der Waals surface area contributed by atoms with Crippen LogP contribution in [0.3, 0.4) is 0 Å².